The van der Waals surface area contributed by atoms with Crippen LogP contribution in [0.3, 0.4) is 0 Å². The SMILES string of the molecule is c1cc(COc2ccc(OCc3ccc4ccccc4n3)cc2)cc(OCCCc2nnn[nH]2)c1. The Kier molecular flexibility index (Phi) is 7.09. The van der Waals surface area contributed by atoms with Gasteiger partial charge in [-0.25, -0.2) is 10.1 Å². The minimum absolute atomic E-state index is 0.410. The average molecular weight is 468 g/mol. The molecule has 35 heavy (non-hydrogen) atoms. The Morgan fingerprint density at radius 2 is 1.54 bits per heavy atom. The summed E-state index contributed by atoms with van der Waals surface area (Å²) in [5.41, 5.74) is 2.89. The number of nitrogens with one attached hydrogen (secondary N) is 1. The fourth-order valence-electron chi connectivity index (χ4n) is 3.58. The van der Waals surface area contributed by atoms with Gasteiger partial charge >= 0.3 is 0 Å². The minimum Gasteiger partial charge on any atom is -0.494 e. The Morgan fingerprint density at radius 3 is 2.37 bits per heavy atom. The van der Waals surface area contributed by atoms with Crippen LogP contribution in [0, 0.1) is 0 Å². The van der Waals surface area contributed by atoms with Crippen molar-refractivity contribution in [1.82, 2.24) is 25.6 Å². The Morgan fingerprint density at radius 1 is 0.714 bits per heavy atom. The molecule has 0 unspecified atom stereocenters. The molecule has 0 aliphatic rings. The highest BCUT2D eigenvalue weighted by Crippen LogP contribution is 2.21. The van der Waals surface area contributed by atoms with Crippen molar-refractivity contribution in [2.75, 3.05) is 6.61 Å². The van der Waals surface area contributed by atoms with Gasteiger partial charge in [0.2, 0.25) is 0 Å². The largest absolute Gasteiger partial charge is 0.494 e. The van der Waals surface area contributed by atoms with E-state index in [1.165, 1.54) is 0 Å². The molecule has 0 bridgehead atoms. The first-order valence-electron chi connectivity index (χ1n) is 11.5. The van der Waals surface area contributed by atoms with E-state index in [1.54, 1.807) is 0 Å². The number of fused-ring (bicyclic) bond motifs is 1. The molecular formula is C27H25N5O3. The van der Waals surface area contributed by atoms with E-state index in [0.29, 0.717) is 19.8 Å². The van der Waals surface area contributed by atoms with Gasteiger partial charge in [0.25, 0.3) is 0 Å². The van der Waals surface area contributed by atoms with E-state index >= 15 is 0 Å². The van der Waals surface area contributed by atoms with Gasteiger partial charge in [0.1, 0.15) is 36.3 Å². The molecule has 0 saturated heterocycles. The number of hydrogen-bond donors (Lipinski definition) is 1. The van der Waals surface area contributed by atoms with Crippen LogP contribution < -0.4 is 14.2 Å². The summed E-state index contributed by atoms with van der Waals surface area (Å²) in [4.78, 5) is 4.64. The standard InChI is InChI=1S/C27H25N5O3/c1-2-8-26-21(6-1)10-11-22(28-26)19-35-24-14-12-23(13-15-24)34-18-20-5-3-7-25(17-20)33-16-4-9-27-29-31-32-30-27/h1-3,5-8,10-15,17H,4,9,16,18-19H2,(H,29,30,31,32). The van der Waals surface area contributed by atoms with Crippen LogP contribution in [0.25, 0.3) is 10.9 Å². The summed E-state index contributed by atoms with van der Waals surface area (Å²) in [5.74, 6) is 3.11. The Hall–Kier alpha value is -4.46. The molecule has 0 aliphatic carbocycles. The summed E-state index contributed by atoms with van der Waals surface area (Å²) in [7, 11) is 0. The first kappa shape index (κ1) is 22.3. The van der Waals surface area contributed by atoms with E-state index in [0.717, 1.165) is 58.1 Å². The van der Waals surface area contributed by atoms with Crippen LogP contribution in [0.5, 0.6) is 17.2 Å². The number of aryl methyl sites for hydroxylation is 1. The van der Waals surface area contributed by atoms with Crippen molar-refractivity contribution in [3.05, 3.63) is 102 Å². The van der Waals surface area contributed by atoms with Crippen LogP contribution in [0.1, 0.15) is 23.5 Å². The topological polar surface area (TPSA) is 95.0 Å². The number of tetrazole rings is 1. The van der Waals surface area contributed by atoms with Crippen molar-refractivity contribution in [1.29, 1.82) is 0 Å². The second-order valence-corrected chi connectivity index (χ2v) is 7.99. The molecule has 0 fully saturated rings. The summed E-state index contributed by atoms with van der Waals surface area (Å²) in [6.45, 7) is 1.44. The smallest absolute Gasteiger partial charge is 0.148 e. The molecule has 0 saturated carbocycles. The predicted octanol–water partition coefficient (Wildman–Crippen LogP) is 4.92. The van der Waals surface area contributed by atoms with E-state index in [-0.39, 0.29) is 0 Å². The molecule has 3 aromatic carbocycles. The quantitative estimate of drug-likeness (QED) is 0.276. The van der Waals surface area contributed by atoms with Gasteiger partial charge in [-0.2, -0.15) is 0 Å². The lowest BCUT2D eigenvalue weighted by molar-refractivity contribution is 0.292. The third-order valence-corrected chi connectivity index (χ3v) is 5.39. The van der Waals surface area contributed by atoms with Gasteiger partial charge < -0.3 is 14.2 Å². The Labute approximate surface area is 202 Å². The lowest BCUT2D eigenvalue weighted by Gasteiger charge is -2.10. The van der Waals surface area contributed by atoms with Gasteiger partial charge in [-0.15, -0.1) is 5.10 Å². The van der Waals surface area contributed by atoms with Crippen molar-refractivity contribution in [3.8, 4) is 17.2 Å². The minimum atomic E-state index is 0.410. The Bertz CT molecular complexity index is 1360. The number of para-hydroxylation sites is 1. The molecule has 176 valence electrons. The van der Waals surface area contributed by atoms with Gasteiger partial charge in [0.05, 0.1) is 17.8 Å². The molecule has 5 aromatic rings. The number of aromatic amines is 1. The summed E-state index contributed by atoms with van der Waals surface area (Å²) in [5, 5.41) is 14.9. The van der Waals surface area contributed by atoms with Crippen molar-refractivity contribution in [2.45, 2.75) is 26.1 Å². The third kappa shape index (κ3) is 6.32. The zero-order chi connectivity index (χ0) is 23.7. The van der Waals surface area contributed by atoms with Crippen LogP contribution in [0.4, 0.5) is 0 Å². The lowest BCUT2D eigenvalue weighted by Crippen LogP contribution is -2.02. The number of nitrogens with zero attached hydrogens (tertiary/aromatic N) is 4. The highest BCUT2D eigenvalue weighted by Gasteiger charge is 2.03. The summed E-state index contributed by atoms with van der Waals surface area (Å²) >= 11 is 0. The first-order valence-corrected chi connectivity index (χ1v) is 11.5. The van der Waals surface area contributed by atoms with Gasteiger partial charge in [-0.05, 0) is 70.9 Å². The third-order valence-electron chi connectivity index (χ3n) is 5.39. The zero-order valence-corrected chi connectivity index (χ0v) is 19.1. The van der Waals surface area contributed by atoms with Crippen molar-refractivity contribution < 1.29 is 14.2 Å². The van der Waals surface area contributed by atoms with E-state index in [4.69, 9.17) is 14.2 Å². The number of benzene rings is 3. The monoisotopic (exact) mass is 467 g/mol. The number of H-pyrrole nitrogens is 1. The number of aromatic nitrogens is 5. The predicted molar refractivity (Wildman–Crippen MR) is 131 cm³/mol. The number of ether oxygens (including phenoxy) is 3. The normalized spacial score (nSPS) is 10.9. The zero-order valence-electron chi connectivity index (χ0n) is 19.1. The molecule has 2 aromatic heterocycles. The highest BCUT2D eigenvalue weighted by molar-refractivity contribution is 5.78. The second-order valence-electron chi connectivity index (χ2n) is 7.99. The first-order chi connectivity index (χ1) is 17.3. The van der Waals surface area contributed by atoms with Crippen LogP contribution in [-0.4, -0.2) is 32.2 Å². The molecular weight excluding hydrogens is 442 g/mol. The molecule has 2 heterocycles. The highest BCUT2D eigenvalue weighted by atomic mass is 16.5. The van der Waals surface area contributed by atoms with Crippen molar-refractivity contribution in [2.24, 2.45) is 0 Å². The van der Waals surface area contributed by atoms with E-state index in [1.807, 2.05) is 72.8 Å². The fourth-order valence-corrected chi connectivity index (χ4v) is 3.58. The van der Waals surface area contributed by atoms with Crippen LogP contribution in [0.2, 0.25) is 0 Å². The van der Waals surface area contributed by atoms with Crippen LogP contribution in [-0.2, 0) is 19.6 Å². The van der Waals surface area contributed by atoms with Crippen molar-refractivity contribution >= 4 is 10.9 Å². The molecule has 0 aliphatic heterocycles. The molecule has 0 atom stereocenters. The van der Waals surface area contributed by atoms with Gasteiger partial charge in [-0.1, -0.05) is 36.4 Å². The molecule has 0 radical (unpaired) electrons. The van der Waals surface area contributed by atoms with Gasteiger partial charge in [-0.3, -0.25) is 0 Å². The molecule has 1 N–H and O–H groups in total. The molecule has 8 nitrogen and oxygen atoms in total. The number of rotatable bonds is 11. The fraction of sp³-hybridized carbons (Fsp3) is 0.185. The van der Waals surface area contributed by atoms with Crippen LogP contribution in [0.15, 0.2) is 84.9 Å². The molecule has 0 amide bonds. The maximum absolute atomic E-state index is 5.94. The van der Waals surface area contributed by atoms with Gasteiger partial charge in [0.15, 0.2) is 0 Å². The number of hydrogen-bond acceptors (Lipinski definition) is 7. The summed E-state index contributed by atoms with van der Waals surface area (Å²) < 4.78 is 17.7. The second kappa shape index (κ2) is 11.1. The molecule has 0 spiro atoms. The summed E-state index contributed by atoms with van der Waals surface area (Å²) in [6.07, 6.45) is 1.57. The molecule has 8 heteroatoms. The van der Waals surface area contributed by atoms with E-state index < -0.39 is 0 Å². The van der Waals surface area contributed by atoms with Crippen molar-refractivity contribution in [3.63, 3.8) is 0 Å². The lowest BCUT2D eigenvalue weighted by atomic mass is 10.2. The summed E-state index contributed by atoms with van der Waals surface area (Å²) in [6, 6.07) is 27.6. The van der Waals surface area contributed by atoms with Gasteiger partial charge in [0, 0.05) is 11.8 Å². The average Bonchev–Trinajstić information content (AvgIpc) is 3.43. The van der Waals surface area contributed by atoms with E-state index in [2.05, 4.69) is 37.7 Å². The van der Waals surface area contributed by atoms with Crippen LogP contribution >= 0.6 is 0 Å². The Balaban J connectivity index is 1.08. The molecule has 5 rings (SSSR count). The van der Waals surface area contributed by atoms with E-state index in [9.17, 15) is 0 Å². The maximum atomic E-state index is 5.94. The number of pyridine rings is 1. The maximum Gasteiger partial charge on any atom is 0.148 e.